The van der Waals surface area contributed by atoms with Crippen molar-refractivity contribution in [3.63, 3.8) is 0 Å². The summed E-state index contributed by atoms with van der Waals surface area (Å²) in [5.41, 5.74) is 2.03. The molecular formula is C19H19ClN4O2. The van der Waals surface area contributed by atoms with Crippen LogP contribution in [0.1, 0.15) is 24.2 Å². The molecule has 0 spiro atoms. The number of nitrogens with one attached hydrogen (secondary N) is 3. The second-order valence-corrected chi connectivity index (χ2v) is 6.73. The number of para-hydroxylation sites is 2. The Morgan fingerprint density at radius 2 is 1.77 bits per heavy atom. The van der Waals surface area contributed by atoms with Gasteiger partial charge in [-0.15, -0.1) is 0 Å². The average molecular weight is 371 g/mol. The fourth-order valence-electron chi connectivity index (χ4n) is 2.57. The summed E-state index contributed by atoms with van der Waals surface area (Å²) >= 11 is 5.84. The number of imidazole rings is 1. The van der Waals surface area contributed by atoms with E-state index in [1.54, 1.807) is 24.3 Å². The van der Waals surface area contributed by atoms with Crippen molar-refractivity contribution in [3.8, 4) is 0 Å². The van der Waals surface area contributed by atoms with E-state index in [0.29, 0.717) is 16.5 Å². The molecule has 2 aromatic carbocycles. The highest BCUT2D eigenvalue weighted by Gasteiger charge is 2.25. The van der Waals surface area contributed by atoms with Crippen molar-refractivity contribution in [1.29, 1.82) is 0 Å². The van der Waals surface area contributed by atoms with Gasteiger partial charge in [-0.05, 0) is 42.3 Å². The van der Waals surface area contributed by atoms with E-state index >= 15 is 0 Å². The maximum Gasteiger partial charge on any atom is 0.251 e. The van der Waals surface area contributed by atoms with Gasteiger partial charge < -0.3 is 10.3 Å². The number of halogens is 1. The minimum atomic E-state index is -0.702. The molecule has 0 saturated carbocycles. The van der Waals surface area contributed by atoms with Gasteiger partial charge in [-0.3, -0.25) is 14.9 Å². The quantitative estimate of drug-likeness (QED) is 0.641. The predicted molar refractivity (Wildman–Crippen MR) is 102 cm³/mol. The van der Waals surface area contributed by atoms with Gasteiger partial charge in [0.2, 0.25) is 11.9 Å². The van der Waals surface area contributed by atoms with Crippen molar-refractivity contribution in [2.75, 3.05) is 5.32 Å². The number of aromatic nitrogens is 2. The predicted octanol–water partition coefficient (Wildman–Crippen LogP) is 3.61. The molecule has 3 aromatic rings. The Balaban J connectivity index is 1.73. The van der Waals surface area contributed by atoms with Crippen LogP contribution in [-0.4, -0.2) is 27.8 Å². The molecule has 3 rings (SSSR count). The number of carbonyl (C=O) groups is 2. The van der Waals surface area contributed by atoms with Gasteiger partial charge in [-0.1, -0.05) is 37.6 Å². The highest BCUT2D eigenvalue weighted by Crippen LogP contribution is 2.15. The molecule has 1 aromatic heterocycles. The minimum absolute atomic E-state index is 0.101. The number of H-pyrrole nitrogens is 1. The van der Waals surface area contributed by atoms with Gasteiger partial charge in [0.1, 0.15) is 6.04 Å². The number of anilines is 1. The molecule has 0 aliphatic carbocycles. The largest absolute Gasteiger partial charge is 0.340 e. The third kappa shape index (κ3) is 4.03. The molecule has 2 amide bonds. The van der Waals surface area contributed by atoms with Crippen molar-refractivity contribution in [3.05, 3.63) is 59.1 Å². The van der Waals surface area contributed by atoms with Gasteiger partial charge in [0.15, 0.2) is 0 Å². The first-order valence-electron chi connectivity index (χ1n) is 8.26. The van der Waals surface area contributed by atoms with Crippen LogP contribution in [-0.2, 0) is 4.79 Å². The summed E-state index contributed by atoms with van der Waals surface area (Å²) in [6.45, 7) is 3.73. The van der Waals surface area contributed by atoms with E-state index in [1.165, 1.54) is 0 Å². The van der Waals surface area contributed by atoms with Crippen molar-refractivity contribution < 1.29 is 9.59 Å². The standard InChI is InChI=1S/C19H19ClN4O2/c1-11(2)16(23-17(25)12-7-9-13(20)10-8-12)18(26)24-19-21-14-5-3-4-6-15(14)22-19/h3-11,16H,1-2H3,(H,23,25)(H2,21,22,24,26)/t16-/m0/s1. The zero-order valence-electron chi connectivity index (χ0n) is 14.4. The minimum Gasteiger partial charge on any atom is -0.340 e. The van der Waals surface area contributed by atoms with Crippen LogP contribution in [0.3, 0.4) is 0 Å². The summed E-state index contributed by atoms with van der Waals surface area (Å²) in [5, 5.41) is 6.05. The van der Waals surface area contributed by atoms with Crippen molar-refractivity contribution in [2.45, 2.75) is 19.9 Å². The Morgan fingerprint density at radius 1 is 1.08 bits per heavy atom. The van der Waals surface area contributed by atoms with Crippen molar-refractivity contribution >= 4 is 40.4 Å². The number of hydrogen-bond donors (Lipinski definition) is 3. The Bertz CT molecular complexity index is 901. The molecule has 0 bridgehead atoms. The summed E-state index contributed by atoms with van der Waals surface area (Å²) in [4.78, 5) is 32.4. The number of carbonyl (C=O) groups excluding carboxylic acids is 2. The zero-order chi connectivity index (χ0) is 18.7. The van der Waals surface area contributed by atoms with Crippen LogP contribution in [0, 0.1) is 5.92 Å². The molecule has 134 valence electrons. The van der Waals surface area contributed by atoms with E-state index in [4.69, 9.17) is 11.6 Å². The summed E-state index contributed by atoms with van der Waals surface area (Å²) in [7, 11) is 0. The third-order valence-electron chi connectivity index (χ3n) is 3.97. The van der Waals surface area contributed by atoms with E-state index < -0.39 is 6.04 Å². The molecule has 1 atom stereocenters. The average Bonchev–Trinajstić information content (AvgIpc) is 3.01. The first-order valence-corrected chi connectivity index (χ1v) is 8.64. The van der Waals surface area contributed by atoms with Gasteiger partial charge in [0.05, 0.1) is 11.0 Å². The van der Waals surface area contributed by atoms with Crippen LogP contribution < -0.4 is 10.6 Å². The number of benzene rings is 2. The van der Waals surface area contributed by atoms with E-state index in [1.807, 2.05) is 38.1 Å². The zero-order valence-corrected chi connectivity index (χ0v) is 15.2. The number of rotatable bonds is 5. The molecule has 26 heavy (non-hydrogen) atoms. The molecule has 1 heterocycles. The Morgan fingerprint density at radius 3 is 2.42 bits per heavy atom. The van der Waals surface area contributed by atoms with Crippen LogP contribution in [0.2, 0.25) is 5.02 Å². The summed E-state index contributed by atoms with van der Waals surface area (Å²) in [6, 6.07) is 13.3. The molecule has 0 fully saturated rings. The lowest BCUT2D eigenvalue weighted by Gasteiger charge is -2.21. The molecule has 0 saturated heterocycles. The Labute approximate surface area is 156 Å². The highest BCUT2D eigenvalue weighted by molar-refractivity contribution is 6.30. The second kappa shape index (κ2) is 7.58. The maximum atomic E-state index is 12.6. The third-order valence-corrected chi connectivity index (χ3v) is 4.23. The first-order chi connectivity index (χ1) is 12.4. The number of aromatic amines is 1. The molecule has 6 nitrogen and oxygen atoms in total. The van der Waals surface area contributed by atoms with Gasteiger partial charge >= 0.3 is 0 Å². The lowest BCUT2D eigenvalue weighted by atomic mass is 10.0. The topological polar surface area (TPSA) is 86.9 Å². The van der Waals surface area contributed by atoms with E-state index in [9.17, 15) is 9.59 Å². The van der Waals surface area contributed by atoms with Gasteiger partial charge in [-0.25, -0.2) is 4.98 Å². The smallest absolute Gasteiger partial charge is 0.251 e. The van der Waals surface area contributed by atoms with Gasteiger partial charge in [0, 0.05) is 10.6 Å². The van der Waals surface area contributed by atoms with E-state index in [0.717, 1.165) is 11.0 Å². The van der Waals surface area contributed by atoms with Gasteiger partial charge in [-0.2, -0.15) is 0 Å². The lowest BCUT2D eigenvalue weighted by molar-refractivity contribution is -0.118. The number of hydrogen-bond acceptors (Lipinski definition) is 3. The number of amides is 2. The normalized spacial score (nSPS) is 12.2. The fraction of sp³-hybridized carbons (Fsp3) is 0.211. The second-order valence-electron chi connectivity index (χ2n) is 6.29. The van der Waals surface area contributed by atoms with Crippen LogP contribution >= 0.6 is 11.6 Å². The SMILES string of the molecule is CC(C)[C@H](NC(=O)c1ccc(Cl)cc1)C(=O)Nc1nc2ccccc2[nH]1. The summed E-state index contributed by atoms with van der Waals surface area (Å²) in [5.74, 6) is -0.417. The van der Waals surface area contributed by atoms with Gasteiger partial charge in [0.25, 0.3) is 5.91 Å². The van der Waals surface area contributed by atoms with Crippen LogP contribution in [0.25, 0.3) is 11.0 Å². The fourth-order valence-corrected chi connectivity index (χ4v) is 2.69. The van der Waals surface area contributed by atoms with E-state index in [-0.39, 0.29) is 17.7 Å². The van der Waals surface area contributed by atoms with Crippen LogP contribution in [0.15, 0.2) is 48.5 Å². The molecule has 0 radical (unpaired) electrons. The van der Waals surface area contributed by atoms with E-state index in [2.05, 4.69) is 20.6 Å². The maximum absolute atomic E-state index is 12.6. The molecule has 0 unspecified atom stereocenters. The van der Waals surface area contributed by atoms with Crippen molar-refractivity contribution in [2.24, 2.45) is 5.92 Å². The summed E-state index contributed by atoms with van der Waals surface area (Å²) in [6.07, 6.45) is 0. The molecule has 7 heteroatoms. The Kier molecular flexibility index (Phi) is 5.23. The van der Waals surface area contributed by atoms with Crippen molar-refractivity contribution in [1.82, 2.24) is 15.3 Å². The van der Waals surface area contributed by atoms with Crippen LogP contribution in [0.4, 0.5) is 5.95 Å². The van der Waals surface area contributed by atoms with Crippen LogP contribution in [0.5, 0.6) is 0 Å². The lowest BCUT2D eigenvalue weighted by Crippen LogP contribution is -2.47. The first kappa shape index (κ1) is 17.9. The monoisotopic (exact) mass is 370 g/mol. The molecular weight excluding hydrogens is 352 g/mol. The Hall–Kier alpha value is -2.86. The summed E-state index contributed by atoms with van der Waals surface area (Å²) < 4.78 is 0. The molecule has 3 N–H and O–H groups in total. The molecule has 0 aliphatic rings. The number of fused-ring (bicyclic) bond motifs is 1. The molecule has 0 aliphatic heterocycles. The number of nitrogens with zero attached hydrogens (tertiary/aromatic N) is 1. The highest BCUT2D eigenvalue weighted by atomic mass is 35.5.